The summed E-state index contributed by atoms with van der Waals surface area (Å²) in [6.07, 6.45) is 1.02. The van der Waals surface area contributed by atoms with Crippen LogP contribution in [0.2, 0.25) is 0 Å². The molecule has 0 aliphatic heterocycles. The summed E-state index contributed by atoms with van der Waals surface area (Å²) in [5.41, 5.74) is 0.411. The van der Waals surface area contributed by atoms with E-state index in [1.807, 2.05) is 0 Å². The summed E-state index contributed by atoms with van der Waals surface area (Å²) in [5.74, 6) is -0.282. The van der Waals surface area contributed by atoms with Crippen LogP contribution in [0.5, 0.6) is 0 Å². The van der Waals surface area contributed by atoms with Crippen LogP contribution in [0.1, 0.15) is 22.8 Å². The molecule has 0 radical (unpaired) electrons. The van der Waals surface area contributed by atoms with E-state index in [0.29, 0.717) is 0 Å². The van der Waals surface area contributed by atoms with Crippen LogP contribution in [0, 0.1) is 0 Å². The third-order valence-corrected chi connectivity index (χ3v) is 3.05. The van der Waals surface area contributed by atoms with E-state index in [-0.39, 0.29) is 21.8 Å². The molecule has 0 N–H and O–H groups in total. The number of sulfone groups is 1. The topological polar surface area (TPSA) is 51.2 Å². The number of hydrogen-bond acceptors (Lipinski definition) is 3. The molecule has 82 valence electrons. The monoisotopic (exact) mass is 230 g/mol. The van der Waals surface area contributed by atoms with Gasteiger partial charge in [-0.2, -0.15) is 0 Å². The van der Waals surface area contributed by atoms with E-state index in [9.17, 15) is 17.6 Å². The van der Waals surface area contributed by atoms with Gasteiger partial charge in [0.1, 0.15) is 6.67 Å². The van der Waals surface area contributed by atoms with E-state index in [0.717, 1.165) is 6.26 Å². The van der Waals surface area contributed by atoms with Crippen molar-refractivity contribution in [2.45, 2.75) is 18.5 Å². The number of Topliss-reactive ketones (excluding diaryl/α,β-unsaturated/α-hetero) is 1. The van der Waals surface area contributed by atoms with Gasteiger partial charge in [0.25, 0.3) is 0 Å². The molecule has 0 heterocycles. The van der Waals surface area contributed by atoms with Crippen LogP contribution in [-0.4, -0.2) is 20.5 Å². The number of alkyl halides is 1. The maximum absolute atomic E-state index is 12.4. The van der Waals surface area contributed by atoms with Crippen molar-refractivity contribution >= 4 is 15.6 Å². The van der Waals surface area contributed by atoms with Gasteiger partial charge in [-0.05, 0) is 30.7 Å². The number of carbonyl (C=O) groups is 1. The first-order chi connectivity index (χ1) is 6.84. The molecule has 0 unspecified atom stereocenters. The lowest BCUT2D eigenvalue weighted by molar-refractivity contribution is 0.101. The van der Waals surface area contributed by atoms with E-state index in [4.69, 9.17) is 0 Å². The van der Waals surface area contributed by atoms with Crippen LogP contribution in [0.25, 0.3) is 0 Å². The average Bonchev–Trinajstić information content (AvgIpc) is 2.15. The highest BCUT2D eigenvalue weighted by molar-refractivity contribution is 7.90. The fraction of sp³-hybridized carbons (Fsp3) is 0.300. The highest BCUT2D eigenvalue weighted by Crippen LogP contribution is 2.16. The fourth-order valence-corrected chi connectivity index (χ4v) is 1.86. The first-order valence-electron chi connectivity index (χ1n) is 4.25. The maximum Gasteiger partial charge on any atom is 0.175 e. The van der Waals surface area contributed by atoms with E-state index in [1.54, 1.807) is 0 Å². The van der Waals surface area contributed by atoms with Gasteiger partial charge in [-0.3, -0.25) is 4.79 Å². The third-order valence-electron chi connectivity index (χ3n) is 1.96. The average molecular weight is 230 g/mol. The van der Waals surface area contributed by atoms with Gasteiger partial charge in [-0.1, -0.05) is 0 Å². The zero-order valence-electron chi connectivity index (χ0n) is 8.45. The molecule has 3 nitrogen and oxygen atoms in total. The van der Waals surface area contributed by atoms with Gasteiger partial charge in [0.2, 0.25) is 0 Å². The standard InChI is InChI=1S/C10H11FO3S/c1-7(12)9-3-8(6-11)4-10(5-9)15(2,13)14/h3-5H,6H2,1-2H3. The van der Waals surface area contributed by atoms with E-state index < -0.39 is 16.5 Å². The summed E-state index contributed by atoms with van der Waals surface area (Å²) >= 11 is 0. The minimum absolute atomic E-state index is 0.0251. The molecule has 5 heteroatoms. The number of rotatable bonds is 3. The Labute approximate surface area is 87.8 Å². The maximum atomic E-state index is 12.4. The number of benzene rings is 1. The molecule has 1 aromatic carbocycles. The minimum Gasteiger partial charge on any atom is -0.295 e. The van der Waals surface area contributed by atoms with Gasteiger partial charge in [0, 0.05) is 11.8 Å². The summed E-state index contributed by atoms with van der Waals surface area (Å²) in [6, 6.07) is 3.86. The van der Waals surface area contributed by atoms with Crippen LogP contribution in [0.4, 0.5) is 4.39 Å². The molecule has 0 aliphatic carbocycles. The molecule has 0 bridgehead atoms. The third kappa shape index (κ3) is 2.86. The molecule has 0 aromatic heterocycles. The zero-order chi connectivity index (χ0) is 11.6. The van der Waals surface area contributed by atoms with E-state index >= 15 is 0 Å². The van der Waals surface area contributed by atoms with Crippen LogP contribution in [0.3, 0.4) is 0 Å². The molecule has 0 amide bonds. The van der Waals surface area contributed by atoms with Gasteiger partial charge < -0.3 is 0 Å². The quantitative estimate of drug-likeness (QED) is 0.743. The smallest absolute Gasteiger partial charge is 0.175 e. The van der Waals surface area contributed by atoms with Crippen molar-refractivity contribution in [1.82, 2.24) is 0 Å². The molecule has 0 saturated carbocycles. The molecule has 0 saturated heterocycles. The van der Waals surface area contributed by atoms with Crippen molar-refractivity contribution in [1.29, 1.82) is 0 Å². The Hall–Kier alpha value is -1.23. The highest BCUT2D eigenvalue weighted by atomic mass is 32.2. The predicted molar refractivity (Wildman–Crippen MR) is 54.4 cm³/mol. The molecule has 0 fully saturated rings. The van der Waals surface area contributed by atoms with Gasteiger partial charge in [-0.15, -0.1) is 0 Å². The Bertz CT molecular complexity index is 491. The van der Waals surface area contributed by atoms with Crippen LogP contribution >= 0.6 is 0 Å². The van der Waals surface area contributed by atoms with Crippen molar-refractivity contribution in [3.8, 4) is 0 Å². The lowest BCUT2D eigenvalue weighted by atomic mass is 10.1. The molecule has 1 rings (SSSR count). The van der Waals surface area contributed by atoms with Gasteiger partial charge in [-0.25, -0.2) is 12.8 Å². The second kappa shape index (κ2) is 4.10. The Kier molecular flexibility index (Phi) is 3.24. The SMILES string of the molecule is CC(=O)c1cc(CF)cc(S(C)(=O)=O)c1. The second-order valence-corrected chi connectivity index (χ2v) is 5.34. The summed E-state index contributed by atoms with van der Waals surface area (Å²) in [5, 5.41) is 0. The summed E-state index contributed by atoms with van der Waals surface area (Å²) in [7, 11) is -3.41. The molecule has 0 aliphatic rings. The van der Waals surface area contributed by atoms with Crippen molar-refractivity contribution in [2.24, 2.45) is 0 Å². The Morgan fingerprint density at radius 3 is 2.33 bits per heavy atom. The zero-order valence-corrected chi connectivity index (χ0v) is 9.27. The lowest BCUT2D eigenvalue weighted by Gasteiger charge is -2.04. The van der Waals surface area contributed by atoms with Gasteiger partial charge in [0.05, 0.1) is 4.90 Å². The van der Waals surface area contributed by atoms with Gasteiger partial charge >= 0.3 is 0 Å². The number of ketones is 1. The summed E-state index contributed by atoms with van der Waals surface area (Å²) in [6.45, 7) is 0.521. The molecular formula is C10H11FO3S. The van der Waals surface area contributed by atoms with Crippen LogP contribution in [-0.2, 0) is 16.5 Å². The highest BCUT2D eigenvalue weighted by Gasteiger charge is 2.11. The summed E-state index contributed by atoms with van der Waals surface area (Å²) < 4.78 is 34.9. The second-order valence-electron chi connectivity index (χ2n) is 3.33. The van der Waals surface area contributed by atoms with Crippen molar-refractivity contribution in [2.75, 3.05) is 6.26 Å². The molecule has 15 heavy (non-hydrogen) atoms. The largest absolute Gasteiger partial charge is 0.295 e. The predicted octanol–water partition coefficient (Wildman–Crippen LogP) is 1.76. The fourth-order valence-electron chi connectivity index (χ4n) is 1.16. The molecule has 0 spiro atoms. The Balaban J connectivity index is 3.43. The number of halogens is 1. The van der Waals surface area contributed by atoms with E-state index in [2.05, 4.69) is 0 Å². The Morgan fingerprint density at radius 2 is 1.93 bits per heavy atom. The van der Waals surface area contributed by atoms with E-state index in [1.165, 1.54) is 25.1 Å². The normalized spacial score (nSPS) is 11.4. The van der Waals surface area contributed by atoms with Crippen LogP contribution in [0.15, 0.2) is 23.1 Å². The minimum atomic E-state index is -3.41. The number of carbonyl (C=O) groups excluding carboxylic acids is 1. The first-order valence-corrected chi connectivity index (χ1v) is 6.14. The van der Waals surface area contributed by atoms with Crippen molar-refractivity contribution in [3.05, 3.63) is 29.3 Å². The Morgan fingerprint density at radius 1 is 1.33 bits per heavy atom. The first kappa shape index (κ1) is 11.8. The molecule has 0 atom stereocenters. The van der Waals surface area contributed by atoms with Gasteiger partial charge in [0.15, 0.2) is 15.6 Å². The molecule has 1 aromatic rings. The molecular weight excluding hydrogens is 219 g/mol. The van der Waals surface area contributed by atoms with Crippen molar-refractivity contribution in [3.63, 3.8) is 0 Å². The van der Waals surface area contributed by atoms with Crippen LogP contribution < -0.4 is 0 Å². The lowest BCUT2D eigenvalue weighted by Crippen LogP contribution is -2.02. The van der Waals surface area contributed by atoms with Crippen molar-refractivity contribution < 1.29 is 17.6 Å². The number of hydrogen-bond donors (Lipinski definition) is 0. The summed E-state index contributed by atoms with van der Waals surface area (Å²) in [4.78, 5) is 11.1.